The van der Waals surface area contributed by atoms with Gasteiger partial charge in [0.25, 0.3) is 0 Å². The standard InChI is InChI=1S/C21H34O3/c1-3-4-5-6-7-8-9-10-11-12-13-14-15-16-17-18-19-20(22)21(23)24-2/h7-8,10-11,13-14,16-17,20,22H,3-6,9,12,15,18-19H2,1-2H3/b8-7-,11-10-,14-13-,17-16-/t20-/m0/s1. The number of esters is 1. The molecule has 0 aromatic heterocycles. The van der Waals surface area contributed by atoms with Crippen LogP contribution in [-0.2, 0) is 9.53 Å². The summed E-state index contributed by atoms with van der Waals surface area (Å²) in [4.78, 5) is 11.0. The molecule has 0 unspecified atom stereocenters. The maximum Gasteiger partial charge on any atom is 0.334 e. The summed E-state index contributed by atoms with van der Waals surface area (Å²) in [6.07, 6.45) is 25.2. The van der Waals surface area contributed by atoms with Gasteiger partial charge in [-0.25, -0.2) is 4.79 Å². The van der Waals surface area contributed by atoms with Crippen molar-refractivity contribution in [1.29, 1.82) is 0 Å². The molecule has 0 bridgehead atoms. The third kappa shape index (κ3) is 15.3. The molecule has 0 aliphatic carbocycles. The van der Waals surface area contributed by atoms with Crippen LogP contribution in [0.4, 0.5) is 0 Å². The van der Waals surface area contributed by atoms with Crippen molar-refractivity contribution in [3.05, 3.63) is 48.6 Å². The van der Waals surface area contributed by atoms with Gasteiger partial charge in [-0.3, -0.25) is 0 Å². The second-order valence-corrected chi connectivity index (χ2v) is 5.70. The van der Waals surface area contributed by atoms with E-state index >= 15 is 0 Å². The Morgan fingerprint density at radius 1 is 0.875 bits per heavy atom. The average Bonchev–Trinajstić information content (AvgIpc) is 2.60. The summed E-state index contributed by atoms with van der Waals surface area (Å²) in [5.74, 6) is -0.564. The minimum absolute atomic E-state index is 0.404. The second-order valence-electron chi connectivity index (χ2n) is 5.70. The van der Waals surface area contributed by atoms with Gasteiger partial charge in [-0.15, -0.1) is 0 Å². The maximum absolute atomic E-state index is 11.0. The molecule has 0 aliphatic rings. The molecule has 0 radical (unpaired) electrons. The van der Waals surface area contributed by atoms with Crippen molar-refractivity contribution in [1.82, 2.24) is 0 Å². The number of hydrogen-bond donors (Lipinski definition) is 1. The van der Waals surface area contributed by atoms with E-state index in [1.165, 1.54) is 32.8 Å². The number of unbranched alkanes of at least 4 members (excludes halogenated alkanes) is 3. The molecule has 1 N–H and O–H groups in total. The minimum atomic E-state index is -1.01. The summed E-state index contributed by atoms with van der Waals surface area (Å²) in [6.45, 7) is 2.23. The van der Waals surface area contributed by atoms with Gasteiger partial charge in [0.15, 0.2) is 6.10 Å². The SMILES string of the molecule is CCCCC/C=C\C/C=C\C/C=C\C/C=C\CC[C@H](O)C(=O)OC. The molecule has 0 spiro atoms. The highest BCUT2D eigenvalue weighted by molar-refractivity contribution is 5.74. The molecule has 136 valence electrons. The molecular formula is C21H34O3. The predicted octanol–water partition coefficient (Wildman–Crippen LogP) is 5.28. The topological polar surface area (TPSA) is 46.5 Å². The van der Waals surface area contributed by atoms with Gasteiger partial charge in [0.05, 0.1) is 7.11 Å². The number of hydrogen-bond acceptors (Lipinski definition) is 3. The van der Waals surface area contributed by atoms with E-state index in [4.69, 9.17) is 0 Å². The van der Waals surface area contributed by atoms with Crippen LogP contribution in [-0.4, -0.2) is 24.3 Å². The molecule has 0 aromatic carbocycles. The van der Waals surface area contributed by atoms with Gasteiger partial charge in [0.1, 0.15) is 0 Å². The first-order valence-corrected chi connectivity index (χ1v) is 9.08. The lowest BCUT2D eigenvalue weighted by Gasteiger charge is -2.05. The molecule has 0 aliphatic heterocycles. The van der Waals surface area contributed by atoms with Gasteiger partial charge in [-0.1, -0.05) is 68.4 Å². The molecule has 0 heterocycles. The zero-order valence-corrected chi connectivity index (χ0v) is 15.3. The van der Waals surface area contributed by atoms with E-state index in [1.807, 2.05) is 12.2 Å². The summed E-state index contributed by atoms with van der Waals surface area (Å²) in [6, 6.07) is 0. The first-order valence-electron chi connectivity index (χ1n) is 9.08. The highest BCUT2D eigenvalue weighted by atomic mass is 16.5. The van der Waals surface area contributed by atoms with Gasteiger partial charge >= 0.3 is 5.97 Å². The molecule has 0 rings (SSSR count). The third-order valence-electron chi connectivity index (χ3n) is 3.54. The number of aliphatic hydroxyl groups excluding tert-OH is 1. The fourth-order valence-corrected chi connectivity index (χ4v) is 2.07. The lowest BCUT2D eigenvalue weighted by atomic mass is 10.2. The van der Waals surface area contributed by atoms with Gasteiger partial charge in [-0.05, 0) is 44.9 Å². The highest BCUT2D eigenvalue weighted by Crippen LogP contribution is 2.02. The molecule has 24 heavy (non-hydrogen) atoms. The number of carbonyl (C=O) groups is 1. The van der Waals surface area contributed by atoms with E-state index in [-0.39, 0.29) is 0 Å². The van der Waals surface area contributed by atoms with Crippen LogP contribution in [0.5, 0.6) is 0 Å². The van der Waals surface area contributed by atoms with Gasteiger partial charge in [-0.2, -0.15) is 0 Å². The molecule has 3 heteroatoms. The van der Waals surface area contributed by atoms with Gasteiger partial charge in [0.2, 0.25) is 0 Å². The number of aliphatic hydroxyl groups is 1. The Balaban J connectivity index is 3.53. The molecule has 0 saturated heterocycles. The first-order chi connectivity index (χ1) is 11.7. The van der Waals surface area contributed by atoms with Crippen molar-refractivity contribution in [2.75, 3.05) is 7.11 Å². The quantitative estimate of drug-likeness (QED) is 0.267. The van der Waals surface area contributed by atoms with Crippen LogP contribution in [0.2, 0.25) is 0 Å². The summed E-state index contributed by atoms with van der Waals surface area (Å²) >= 11 is 0. The van der Waals surface area contributed by atoms with Crippen LogP contribution >= 0.6 is 0 Å². The van der Waals surface area contributed by atoms with Crippen LogP contribution in [0.25, 0.3) is 0 Å². The molecule has 0 aromatic rings. The minimum Gasteiger partial charge on any atom is -0.467 e. The maximum atomic E-state index is 11.0. The highest BCUT2D eigenvalue weighted by Gasteiger charge is 2.13. The van der Waals surface area contributed by atoms with Crippen LogP contribution in [0.15, 0.2) is 48.6 Å². The Hall–Kier alpha value is -1.61. The van der Waals surface area contributed by atoms with E-state index in [2.05, 4.69) is 48.1 Å². The molecule has 0 fully saturated rings. The Labute approximate surface area is 147 Å². The zero-order chi connectivity index (χ0) is 17.9. The predicted molar refractivity (Wildman–Crippen MR) is 102 cm³/mol. The molecule has 3 nitrogen and oxygen atoms in total. The largest absolute Gasteiger partial charge is 0.467 e. The van der Waals surface area contributed by atoms with Crippen molar-refractivity contribution in [3.8, 4) is 0 Å². The fraction of sp³-hybridized carbons (Fsp3) is 0.571. The third-order valence-corrected chi connectivity index (χ3v) is 3.54. The summed E-state index contributed by atoms with van der Waals surface area (Å²) in [5.41, 5.74) is 0. The smallest absolute Gasteiger partial charge is 0.334 e. The van der Waals surface area contributed by atoms with Crippen molar-refractivity contribution in [2.45, 2.75) is 70.8 Å². The Bertz CT molecular complexity index is 405. The number of carbonyl (C=O) groups excluding carboxylic acids is 1. The van der Waals surface area contributed by atoms with E-state index < -0.39 is 12.1 Å². The van der Waals surface area contributed by atoms with E-state index in [1.54, 1.807) is 0 Å². The Morgan fingerprint density at radius 3 is 1.88 bits per heavy atom. The number of methoxy groups -OCH3 is 1. The number of ether oxygens (including phenoxy) is 1. The van der Waals surface area contributed by atoms with E-state index in [0.717, 1.165) is 19.3 Å². The van der Waals surface area contributed by atoms with Crippen molar-refractivity contribution >= 4 is 5.97 Å². The van der Waals surface area contributed by atoms with Crippen LogP contribution < -0.4 is 0 Å². The normalized spacial score (nSPS) is 13.6. The zero-order valence-electron chi connectivity index (χ0n) is 15.3. The van der Waals surface area contributed by atoms with Crippen molar-refractivity contribution < 1.29 is 14.6 Å². The molecular weight excluding hydrogens is 300 g/mol. The first kappa shape index (κ1) is 22.4. The lowest BCUT2D eigenvalue weighted by molar-refractivity contribution is -0.150. The van der Waals surface area contributed by atoms with Crippen molar-refractivity contribution in [3.63, 3.8) is 0 Å². The van der Waals surface area contributed by atoms with Crippen molar-refractivity contribution in [2.24, 2.45) is 0 Å². The molecule has 1 atom stereocenters. The molecule has 0 saturated carbocycles. The number of rotatable bonds is 14. The summed E-state index contributed by atoms with van der Waals surface area (Å²) in [5, 5.41) is 9.40. The van der Waals surface area contributed by atoms with E-state index in [0.29, 0.717) is 12.8 Å². The Morgan fingerprint density at radius 2 is 1.38 bits per heavy atom. The van der Waals surface area contributed by atoms with Crippen LogP contribution in [0.1, 0.15) is 64.7 Å². The van der Waals surface area contributed by atoms with E-state index in [9.17, 15) is 9.90 Å². The van der Waals surface area contributed by atoms with Gasteiger partial charge in [0, 0.05) is 0 Å². The lowest BCUT2D eigenvalue weighted by Crippen LogP contribution is -2.21. The second kappa shape index (κ2) is 17.7. The Kier molecular flexibility index (Phi) is 16.5. The number of allylic oxidation sites excluding steroid dienone is 8. The monoisotopic (exact) mass is 334 g/mol. The average molecular weight is 335 g/mol. The summed E-state index contributed by atoms with van der Waals surface area (Å²) < 4.78 is 4.46. The van der Waals surface area contributed by atoms with Crippen LogP contribution in [0, 0.1) is 0 Å². The van der Waals surface area contributed by atoms with Gasteiger partial charge < -0.3 is 9.84 Å². The van der Waals surface area contributed by atoms with Crippen LogP contribution in [0.3, 0.4) is 0 Å². The molecule has 0 amide bonds. The fourth-order valence-electron chi connectivity index (χ4n) is 2.07. The summed E-state index contributed by atoms with van der Waals surface area (Å²) in [7, 11) is 1.28.